The molecule has 0 saturated heterocycles. The van der Waals surface area contributed by atoms with Crippen LogP contribution >= 0.6 is 24.0 Å². The highest BCUT2D eigenvalue weighted by atomic mass is 127. The van der Waals surface area contributed by atoms with Crippen LogP contribution in [0.3, 0.4) is 0 Å². The zero-order chi connectivity index (χ0) is 17.2. The van der Waals surface area contributed by atoms with Crippen LogP contribution in [-0.2, 0) is 11.6 Å². The second-order valence-corrected chi connectivity index (χ2v) is 5.90. The molecule has 0 unspecified atom stereocenters. The Morgan fingerprint density at radius 3 is 2.36 bits per heavy atom. The Balaban J connectivity index is 0.00000225. The summed E-state index contributed by atoms with van der Waals surface area (Å²) >= 11 is 0. The summed E-state index contributed by atoms with van der Waals surface area (Å²) in [5.74, 6) is 0.838. The summed E-state index contributed by atoms with van der Waals surface area (Å²) in [4.78, 5) is 8.41. The summed E-state index contributed by atoms with van der Waals surface area (Å²) in [6.45, 7) is 0.435. The van der Waals surface area contributed by atoms with E-state index < -0.39 is 11.7 Å². The first kappa shape index (κ1) is 19.5. The quantitative estimate of drug-likeness (QED) is 0.407. The highest BCUT2D eigenvalue weighted by molar-refractivity contribution is 14.0. The number of nitrogens with one attached hydrogen (secondary N) is 1. The molecular weight excluding hydrogens is 444 g/mol. The van der Waals surface area contributed by atoms with Crippen molar-refractivity contribution in [3.8, 4) is 0 Å². The summed E-state index contributed by atoms with van der Waals surface area (Å²) < 4.78 is 37.9. The van der Waals surface area contributed by atoms with Gasteiger partial charge in [0.15, 0.2) is 5.96 Å². The molecule has 0 radical (unpaired) electrons. The number of hydrogen-bond donors (Lipinski definition) is 2. The average Bonchev–Trinajstić information content (AvgIpc) is 3.35. The van der Waals surface area contributed by atoms with E-state index in [1.165, 1.54) is 12.1 Å². The van der Waals surface area contributed by atoms with Crippen LogP contribution in [0.4, 0.5) is 19.0 Å². The normalized spacial score (nSPS) is 16.0. The number of nitrogens with two attached hydrogens (primary N) is 1. The first-order valence-electron chi connectivity index (χ1n) is 7.55. The number of anilines is 1. The van der Waals surface area contributed by atoms with E-state index >= 15 is 0 Å². The summed E-state index contributed by atoms with van der Waals surface area (Å²) in [5, 5.41) is 2.89. The molecule has 1 heterocycles. The molecule has 0 amide bonds. The van der Waals surface area contributed by atoms with Crippen LogP contribution in [0.15, 0.2) is 53.7 Å². The van der Waals surface area contributed by atoms with E-state index in [1.807, 2.05) is 6.07 Å². The number of nitrogens with zero attached hydrogens (tertiary/aromatic N) is 2. The summed E-state index contributed by atoms with van der Waals surface area (Å²) in [6, 6.07) is 10.7. The van der Waals surface area contributed by atoms with Gasteiger partial charge in [-0.05, 0) is 42.7 Å². The minimum atomic E-state index is -4.32. The van der Waals surface area contributed by atoms with Gasteiger partial charge in [0, 0.05) is 11.6 Å². The van der Waals surface area contributed by atoms with Crippen LogP contribution < -0.4 is 11.1 Å². The van der Waals surface area contributed by atoms with Crippen LogP contribution in [0, 0.1) is 0 Å². The molecule has 3 rings (SSSR count). The molecule has 134 valence electrons. The SMILES string of the molecule is I.NC(=NCC1(c2ccc(C(F)(F)F)cc2)CC1)Nc1ccccn1. The highest BCUT2D eigenvalue weighted by Gasteiger charge is 2.44. The first-order chi connectivity index (χ1) is 11.4. The topological polar surface area (TPSA) is 63.3 Å². The van der Waals surface area contributed by atoms with E-state index in [0.29, 0.717) is 12.4 Å². The number of halogens is 4. The Morgan fingerprint density at radius 1 is 1.16 bits per heavy atom. The van der Waals surface area contributed by atoms with Crippen molar-refractivity contribution in [1.29, 1.82) is 0 Å². The number of aliphatic imine (C=N–C) groups is 1. The summed E-state index contributed by atoms with van der Waals surface area (Å²) in [7, 11) is 0. The second kappa shape index (κ2) is 7.59. The number of alkyl halides is 3. The standard InChI is InChI=1S/C17H17F3N4.HI/c18-17(19,20)13-6-4-12(5-7-13)16(8-9-16)11-23-15(21)24-14-3-1-2-10-22-14;/h1-7,10H,8-9,11H2,(H3,21,22,23,24);1H. The fourth-order valence-electron chi connectivity index (χ4n) is 2.55. The van der Waals surface area contributed by atoms with E-state index in [0.717, 1.165) is 30.5 Å². The minimum Gasteiger partial charge on any atom is -0.370 e. The van der Waals surface area contributed by atoms with E-state index in [9.17, 15) is 13.2 Å². The van der Waals surface area contributed by atoms with Gasteiger partial charge in [0.1, 0.15) is 5.82 Å². The van der Waals surface area contributed by atoms with Crippen LogP contribution in [-0.4, -0.2) is 17.5 Å². The Morgan fingerprint density at radius 2 is 1.84 bits per heavy atom. The summed E-state index contributed by atoms with van der Waals surface area (Å²) in [6.07, 6.45) is -0.901. The van der Waals surface area contributed by atoms with Gasteiger partial charge in [-0.15, -0.1) is 24.0 Å². The lowest BCUT2D eigenvalue weighted by Crippen LogP contribution is -2.25. The number of guanidine groups is 1. The maximum atomic E-state index is 12.6. The molecule has 0 bridgehead atoms. The molecule has 1 aliphatic carbocycles. The van der Waals surface area contributed by atoms with E-state index in [1.54, 1.807) is 18.3 Å². The molecule has 1 fully saturated rings. The number of pyridine rings is 1. The van der Waals surface area contributed by atoms with Gasteiger partial charge in [-0.1, -0.05) is 18.2 Å². The lowest BCUT2D eigenvalue weighted by atomic mass is 9.95. The van der Waals surface area contributed by atoms with E-state index in [2.05, 4.69) is 15.3 Å². The molecule has 3 N–H and O–H groups in total. The molecule has 1 aliphatic rings. The van der Waals surface area contributed by atoms with Crippen LogP contribution in [0.1, 0.15) is 24.0 Å². The Labute approximate surface area is 160 Å². The monoisotopic (exact) mass is 462 g/mol. The van der Waals surface area contributed by atoms with Gasteiger partial charge in [0.05, 0.1) is 12.1 Å². The average molecular weight is 462 g/mol. The largest absolute Gasteiger partial charge is 0.416 e. The molecule has 25 heavy (non-hydrogen) atoms. The highest BCUT2D eigenvalue weighted by Crippen LogP contribution is 2.48. The Hall–Kier alpha value is -1.84. The molecule has 0 aliphatic heterocycles. The molecule has 4 nitrogen and oxygen atoms in total. The molecule has 0 atom stereocenters. The van der Waals surface area contributed by atoms with Gasteiger partial charge in [-0.25, -0.2) is 4.98 Å². The minimum absolute atomic E-state index is 0. The van der Waals surface area contributed by atoms with E-state index in [-0.39, 0.29) is 35.4 Å². The van der Waals surface area contributed by atoms with Gasteiger partial charge in [-0.3, -0.25) is 4.99 Å². The van der Waals surface area contributed by atoms with Crippen LogP contribution in [0.25, 0.3) is 0 Å². The third kappa shape index (κ3) is 4.83. The smallest absolute Gasteiger partial charge is 0.370 e. The lowest BCUT2D eigenvalue weighted by molar-refractivity contribution is -0.137. The number of benzene rings is 1. The number of hydrogen-bond acceptors (Lipinski definition) is 2. The lowest BCUT2D eigenvalue weighted by Gasteiger charge is -2.15. The van der Waals surface area contributed by atoms with Crippen molar-refractivity contribution in [2.24, 2.45) is 10.7 Å². The third-order valence-electron chi connectivity index (χ3n) is 4.15. The van der Waals surface area contributed by atoms with Crippen molar-refractivity contribution in [3.63, 3.8) is 0 Å². The molecule has 1 aromatic carbocycles. The maximum Gasteiger partial charge on any atom is 0.416 e. The molecule has 8 heteroatoms. The van der Waals surface area contributed by atoms with Gasteiger partial charge in [-0.2, -0.15) is 13.2 Å². The van der Waals surface area contributed by atoms with Crippen molar-refractivity contribution in [2.75, 3.05) is 11.9 Å². The van der Waals surface area contributed by atoms with Gasteiger partial charge >= 0.3 is 6.18 Å². The number of rotatable bonds is 4. The predicted octanol–water partition coefficient (Wildman–Crippen LogP) is 4.18. The fourth-order valence-corrected chi connectivity index (χ4v) is 2.55. The zero-order valence-electron chi connectivity index (χ0n) is 13.3. The molecule has 1 aromatic heterocycles. The predicted molar refractivity (Wildman–Crippen MR) is 102 cm³/mol. The van der Waals surface area contributed by atoms with Crippen LogP contribution in [0.5, 0.6) is 0 Å². The van der Waals surface area contributed by atoms with E-state index in [4.69, 9.17) is 5.73 Å². The van der Waals surface area contributed by atoms with Gasteiger partial charge in [0.25, 0.3) is 0 Å². The fraction of sp³-hybridized carbons (Fsp3) is 0.294. The maximum absolute atomic E-state index is 12.6. The zero-order valence-corrected chi connectivity index (χ0v) is 15.6. The van der Waals surface area contributed by atoms with Crippen molar-refractivity contribution in [1.82, 2.24) is 4.98 Å². The number of aromatic nitrogens is 1. The Bertz CT molecular complexity index is 726. The first-order valence-corrected chi connectivity index (χ1v) is 7.55. The Kier molecular flexibility index (Phi) is 5.91. The van der Waals surface area contributed by atoms with Gasteiger partial charge in [0.2, 0.25) is 0 Å². The van der Waals surface area contributed by atoms with Crippen LogP contribution in [0.2, 0.25) is 0 Å². The van der Waals surface area contributed by atoms with Crippen molar-refractivity contribution >= 4 is 35.8 Å². The van der Waals surface area contributed by atoms with Crippen molar-refractivity contribution in [3.05, 3.63) is 59.8 Å². The summed E-state index contributed by atoms with van der Waals surface area (Å²) in [5.41, 5.74) is 5.87. The second-order valence-electron chi connectivity index (χ2n) is 5.90. The van der Waals surface area contributed by atoms with Crippen molar-refractivity contribution < 1.29 is 13.2 Å². The molecular formula is C17H18F3IN4. The molecule has 2 aromatic rings. The van der Waals surface area contributed by atoms with Crippen molar-refractivity contribution in [2.45, 2.75) is 24.4 Å². The third-order valence-corrected chi connectivity index (χ3v) is 4.15. The molecule has 1 saturated carbocycles. The van der Waals surface area contributed by atoms with Gasteiger partial charge < -0.3 is 11.1 Å². The molecule has 0 spiro atoms.